The molecule has 1 rings (SSSR count). The zero-order chi connectivity index (χ0) is 14.9. The minimum Gasteiger partial charge on any atom is -0.427 e. The second-order valence-corrected chi connectivity index (χ2v) is 6.10. The number of alkyl halides is 3. The fourth-order valence-electron chi connectivity index (χ4n) is 1.63. The second kappa shape index (κ2) is 5.48. The van der Waals surface area contributed by atoms with Crippen LogP contribution in [0.15, 0.2) is 11.5 Å². The van der Waals surface area contributed by atoms with E-state index < -0.39 is 23.3 Å². The first-order valence-corrected chi connectivity index (χ1v) is 6.42. The van der Waals surface area contributed by atoms with Crippen molar-refractivity contribution < 1.29 is 22.9 Å². The summed E-state index contributed by atoms with van der Waals surface area (Å²) in [6.07, 6.45) is -2.09. The third-order valence-corrected chi connectivity index (χ3v) is 3.89. The molecule has 0 aromatic carbocycles. The van der Waals surface area contributed by atoms with Crippen LogP contribution in [0, 0.1) is 5.92 Å². The van der Waals surface area contributed by atoms with Crippen LogP contribution >= 0.6 is 0 Å². The minimum absolute atomic E-state index is 0.00163. The number of rotatable bonds is 4. The largest absolute Gasteiger partial charge is 0.427 e. The van der Waals surface area contributed by atoms with Gasteiger partial charge in [-0.3, -0.25) is 0 Å². The van der Waals surface area contributed by atoms with Crippen molar-refractivity contribution in [2.75, 3.05) is 0 Å². The molecule has 0 aromatic heterocycles. The van der Waals surface area contributed by atoms with Gasteiger partial charge in [0, 0.05) is 0 Å². The molecule has 0 fully saturated rings. The van der Waals surface area contributed by atoms with Crippen molar-refractivity contribution in [3.8, 4) is 0 Å². The van der Waals surface area contributed by atoms with Gasteiger partial charge in [-0.05, 0) is 47.0 Å². The lowest BCUT2D eigenvalue weighted by Gasteiger charge is -2.38. The predicted molar refractivity (Wildman–Crippen MR) is 68.7 cm³/mol. The Kier molecular flexibility index (Phi) is 4.78. The van der Waals surface area contributed by atoms with Crippen LogP contribution < -0.4 is 0 Å². The fraction of sp³-hybridized carbons (Fsp3) is 0.846. The smallest absolute Gasteiger partial charge is 0.392 e. The van der Waals surface area contributed by atoms with Crippen molar-refractivity contribution in [2.24, 2.45) is 5.92 Å². The summed E-state index contributed by atoms with van der Waals surface area (Å²) < 4.78 is 43.0. The maximum Gasteiger partial charge on any atom is 0.392 e. The molecule has 0 aromatic rings. The highest BCUT2D eigenvalue weighted by atomic mass is 19.4. The highest BCUT2D eigenvalue weighted by molar-refractivity contribution is 6.38. The molecule has 1 aliphatic rings. The van der Waals surface area contributed by atoms with E-state index in [1.807, 2.05) is 0 Å². The molecule has 0 bridgehead atoms. The molecule has 1 atom stereocenters. The van der Waals surface area contributed by atoms with Gasteiger partial charge in [0.25, 0.3) is 0 Å². The summed E-state index contributed by atoms with van der Waals surface area (Å²) in [5.41, 5.74) is -1.07. The lowest BCUT2D eigenvalue weighted by Crippen LogP contribution is -2.48. The van der Waals surface area contributed by atoms with Crippen molar-refractivity contribution in [3.63, 3.8) is 0 Å². The average Bonchev–Trinajstić information content (AvgIpc) is 2.24. The van der Waals surface area contributed by atoms with Crippen molar-refractivity contribution in [1.82, 2.24) is 0 Å². The molecule has 0 spiro atoms. The first kappa shape index (κ1) is 16.6. The third kappa shape index (κ3) is 4.53. The van der Waals surface area contributed by atoms with Gasteiger partial charge in [-0.2, -0.15) is 13.2 Å². The van der Waals surface area contributed by atoms with Gasteiger partial charge in [0.2, 0.25) is 0 Å². The van der Waals surface area contributed by atoms with Crippen LogP contribution in [-0.4, -0.2) is 30.0 Å². The van der Waals surface area contributed by atoms with Gasteiger partial charge in [-0.15, -0.1) is 0 Å². The highest BCUT2D eigenvalue weighted by Gasteiger charge is 2.40. The monoisotopic (exact) mass is 277 g/mol. The van der Waals surface area contributed by atoms with E-state index in [0.717, 1.165) is 5.47 Å². The van der Waals surface area contributed by atoms with E-state index in [2.05, 4.69) is 0 Å². The lowest BCUT2D eigenvalue weighted by molar-refractivity contribution is -0.176. The number of hydrogen-bond donors (Lipinski definition) is 1. The van der Waals surface area contributed by atoms with Gasteiger partial charge in [0.1, 0.15) is 0 Å². The predicted octanol–water partition coefficient (Wildman–Crippen LogP) is 3.42. The molecular formula is C13H21BF3O2. The Labute approximate surface area is 113 Å². The van der Waals surface area contributed by atoms with Crippen LogP contribution in [0.3, 0.4) is 0 Å². The maximum atomic E-state index is 12.5. The normalized spacial score (nSPS) is 22.1. The molecule has 6 heteroatoms. The molecule has 1 unspecified atom stereocenters. The van der Waals surface area contributed by atoms with Crippen LogP contribution in [0.5, 0.6) is 0 Å². The molecule has 109 valence electrons. The zero-order valence-electron chi connectivity index (χ0n) is 11.8. The van der Waals surface area contributed by atoms with Gasteiger partial charge >= 0.3 is 13.7 Å². The van der Waals surface area contributed by atoms with Gasteiger partial charge in [0.15, 0.2) is 0 Å². The first-order chi connectivity index (χ1) is 8.43. The van der Waals surface area contributed by atoms with Crippen LogP contribution in [0.1, 0.15) is 47.0 Å². The molecule has 0 heterocycles. The Morgan fingerprint density at radius 1 is 1.26 bits per heavy atom. The molecule has 0 saturated heterocycles. The number of hydrogen-bond acceptors (Lipinski definition) is 2. The molecule has 0 aliphatic heterocycles. The Morgan fingerprint density at radius 3 is 2.21 bits per heavy atom. The lowest BCUT2D eigenvalue weighted by atomic mass is 9.75. The van der Waals surface area contributed by atoms with Crippen molar-refractivity contribution in [2.45, 2.75) is 64.3 Å². The second-order valence-electron chi connectivity index (χ2n) is 6.10. The van der Waals surface area contributed by atoms with Gasteiger partial charge in [-0.25, -0.2) is 0 Å². The Hall–Kier alpha value is -0.485. The molecule has 19 heavy (non-hydrogen) atoms. The van der Waals surface area contributed by atoms with Crippen molar-refractivity contribution >= 4 is 7.48 Å². The topological polar surface area (TPSA) is 29.5 Å². The van der Waals surface area contributed by atoms with Crippen molar-refractivity contribution in [3.05, 3.63) is 11.5 Å². The van der Waals surface area contributed by atoms with Gasteiger partial charge in [-0.1, -0.05) is 11.5 Å². The van der Waals surface area contributed by atoms with Crippen molar-refractivity contribution in [1.29, 1.82) is 0 Å². The number of allylic oxidation sites excluding steroid dienone is 2. The number of halogens is 3. The van der Waals surface area contributed by atoms with E-state index in [4.69, 9.17) is 4.65 Å². The SMILES string of the molecule is CC(C)(O)C(C)(C)O[B]C1=CCC(C(F)(F)F)CC1. The standard InChI is InChI=1S/C13H21BF3O2/c1-11(2,18)12(3,4)19-14-10-7-5-9(6-8-10)13(15,16)17/h7,9,18H,5-6,8H2,1-4H3. The highest BCUT2D eigenvalue weighted by Crippen LogP contribution is 2.37. The number of aliphatic hydroxyl groups is 1. The Bertz CT molecular complexity index is 343. The minimum atomic E-state index is -4.12. The third-order valence-electron chi connectivity index (χ3n) is 3.89. The summed E-state index contributed by atoms with van der Waals surface area (Å²) in [5.74, 6) is -1.24. The molecule has 0 amide bonds. The molecule has 1 radical (unpaired) electrons. The molecule has 2 nitrogen and oxygen atoms in total. The van der Waals surface area contributed by atoms with Crippen LogP contribution in [0.25, 0.3) is 0 Å². The van der Waals surface area contributed by atoms with E-state index in [9.17, 15) is 18.3 Å². The van der Waals surface area contributed by atoms with E-state index in [1.165, 1.54) is 7.48 Å². The van der Waals surface area contributed by atoms with Crippen LogP contribution in [-0.2, 0) is 4.65 Å². The molecular weight excluding hydrogens is 256 g/mol. The quantitative estimate of drug-likeness (QED) is 0.798. The fourth-order valence-corrected chi connectivity index (χ4v) is 1.63. The zero-order valence-corrected chi connectivity index (χ0v) is 11.8. The summed E-state index contributed by atoms with van der Waals surface area (Å²) in [6, 6.07) is 0. The van der Waals surface area contributed by atoms with Gasteiger partial charge in [0.05, 0.1) is 17.1 Å². The summed E-state index contributed by atoms with van der Waals surface area (Å²) >= 11 is 0. The van der Waals surface area contributed by atoms with Crippen LogP contribution in [0.2, 0.25) is 0 Å². The van der Waals surface area contributed by atoms with Gasteiger partial charge < -0.3 is 9.76 Å². The first-order valence-electron chi connectivity index (χ1n) is 6.42. The molecule has 0 saturated carbocycles. The van der Waals surface area contributed by atoms with E-state index in [1.54, 1.807) is 33.8 Å². The van der Waals surface area contributed by atoms with E-state index in [0.29, 0.717) is 6.42 Å². The van der Waals surface area contributed by atoms with E-state index >= 15 is 0 Å². The summed E-state index contributed by atoms with van der Waals surface area (Å²) in [7, 11) is 1.48. The van der Waals surface area contributed by atoms with Crippen LogP contribution in [0.4, 0.5) is 13.2 Å². The van der Waals surface area contributed by atoms with E-state index in [-0.39, 0.29) is 12.8 Å². The summed E-state index contributed by atoms with van der Waals surface area (Å²) in [4.78, 5) is 0. The Balaban J connectivity index is 2.51. The summed E-state index contributed by atoms with van der Waals surface area (Å²) in [5, 5.41) is 9.91. The Morgan fingerprint density at radius 2 is 1.84 bits per heavy atom. The summed E-state index contributed by atoms with van der Waals surface area (Å²) in [6.45, 7) is 6.75. The average molecular weight is 277 g/mol. The molecule has 1 aliphatic carbocycles. The maximum absolute atomic E-state index is 12.5. The molecule has 1 N–H and O–H groups in total.